The molecule has 1 atom stereocenters. The van der Waals surface area contributed by atoms with Gasteiger partial charge in [0.2, 0.25) is 0 Å². The Hall–Kier alpha value is -0.0800. The predicted octanol–water partition coefficient (Wildman–Crippen LogP) is 0.973. The Morgan fingerprint density at radius 3 is 2.43 bits per heavy atom. The van der Waals surface area contributed by atoms with Crippen LogP contribution in [0.25, 0.3) is 0 Å². The van der Waals surface area contributed by atoms with Gasteiger partial charge in [-0.15, -0.1) is 0 Å². The Morgan fingerprint density at radius 2 is 2.43 bits per heavy atom. The Morgan fingerprint density at radius 1 is 2.00 bits per heavy atom. The number of nitrogens with one attached hydrogen (secondary N) is 1. The molecule has 0 heterocycles. The second kappa shape index (κ2) is 2.99. The lowest BCUT2D eigenvalue weighted by Crippen LogP contribution is -2.11. The van der Waals surface area contributed by atoms with Crippen LogP contribution in [0.3, 0.4) is 0 Å². The van der Waals surface area contributed by atoms with Gasteiger partial charge in [-0.2, -0.15) is 0 Å². The molecule has 0 spiro atoms. The van der Waals surface area contributed by atoms with Crippen LogP contribution >= 0.6 is 11.6 Å². The first-order valence-electron chi connectivity index (χ1n) is 2.10. The molecule has 1 unspecified atom stereocenters. The summed E-state index contributed by atoms with van der Waals surface area (Å²) in [6, 6.07) is 0. The van der Waals surface area contributed by atoms with Crippen molar-refractivity contribution in [3.8, 4) is 0 Å². The van der Waals surface area contributed by atoms with E-state index < -0.39 is 6.10 Å². The van der Waals surface area contributed by atoms with Crippen molar-refractivity contribution in [2.24, 2.45) is 0 Å². The average molecular weight is 122 g/mol. The van der Waals surface area contributed by atoms with Crippen LogP contribution in [0.2, 0.25) is 0 Å². The maximum Gasteiger partial charge on any atom is 0.126 e. The van der Waals surface area contributed by atoms with Crippen LogP contribution in [-0.2, 0) is 0 Å². The molecule has 0 rings (SSSR count). The van der Waals surface area contributed by atoms with Gasteiger partial charge in [0, 0.05) is 0 Å². The first-order chi connectivity index (χ1) is 3.18. The summed E-state index contributed by atoms with van der Waals surface area (Å²) in [6.45, 7) is 1.77. The van der Waals surface area contributed by atoms with E-state index in [-0.39, 0.29) is 5.17 Å². The van der Waals surface area contributed by atoms with Crippen molar-refractivity contribution in [3.63, 3.8) is 0 Å². The summed E-state index contributed by atoms with van der Waals surface area (Å²) in [5.74, 6) is 0. The van der Waals surface area contributed by atoms with E-state index >= 15 is 0 Å². The van der Waals surface area contributed by atoms with Crippen LogP contribution in [0.1, 0.15) is 13.3 Å². The molecule has 0 aliphatic rings. The van der Waals surface area contributed by atoms with Gasteiger partial charge in [0.05, 0.1) is 0 Å². The van der Waals surface area contributed by atoms with E-state index in [0.717, 1.165) is 0 Å². The summed E-state index contributed by atoms with van der Waals surface area (Å²) < 4.78 is 0. The second-order valence-electron chi connectivity index (χ2n) is 1.27. The van der Waals surface area contributed by atoms with Crippen molar-refractivity contribution in [2.75, 3.05) is 0 Å². The van der Waals surface area contributed by atoms with Crippen LogP contribution in [0, 0.1) is 5.41 Å². The number of hydrogen-bond donors (Lipinski definition) is 2. The van der Waals surface area contributed by atoms with E-state index in [0.29, 0.717) is 6.42 Å². The Balaban J connectivity index is 3.34. The highest BCUT2D eigenvalue weighted by Gasteiger charge is 2.01. The minimum absolute atomic E-state index is 0.178. The van der Waals surface area contributed by atoms with E-state index in [1.165, 1.54) is 0 Å². The zero-order valence-electron chi connectivity index (χ0n) is 4.11. The largest absolute Gasteiger partial charge is 0.386 e. The van der Waals surface area contributed by atoms with Crippen LogP contribution in [0.4, 0.5) is 0 Å². The van der Waals surface area contributed by atoms with Crippen molar-refractivity contribution in [3.05, 3.63) is 0 Å². The van der Waals surface area contributed by atoms with Gasteiger partial charge in [0.25, 0.3) is 0 Å². The number of aliphatic hydroxyl groups is 1. The highest BCUT2D eigenvalue weighted by Crippen LogP contribution is 1.94. The summed E-state index contributed by atoms with van der Waals surface area (Å²) >= 11 is 5.06. The quantitative estimate of drug-likeness (QED) is 0.526. The number of hydrogen-bond acceptors (Lipinski definition) is 2. The fourth-order valence-electron chi connectivity index (χ4n) is 0.179. The normalized spacial score (nSPS) is 13.6. The Bertz CT molecular complexity index is 74.1. The van der Waals surface area contributed by atoms with Crippen molar-refractivity contribution < 1.29 is 5.11 Å². The molecule has 2 nitrogen and oxygen atoms in total. The zero-order chi connectivity index (χ0) is 5.86. The molecule has 7 heavy (non-hydrogen) atoms. The first kappa shape index (κ1) is 6.92. The minimum Gasteiger partial charge on any atom is -0.386 e. The molecule has 3 heteroatoms. The lowest BCUT2D eigenvalue weighted by Gasteiger charge is -1.98. The lowest BCUT2D eigenvalue weighted by atomic mass is 10.3. The fraction of sp³-hybridized carbons (Fsp3) is 0.750. The Kier molecular flexibility index (Phi) is 2.96. The van der Waals surface area contributed by atoms with Gasteiger partial charge in [-0.05, 0) is 6.42 Å². The van der Waals surface area contributed by atoms with Gasteiger partial charge in [-0.25, -0.2) is 0 Å². The van der Waals surface area contributed by atoms with Gasteiger partial charge in [-0.1, -0.05) is 18.5 Å². The van der Waals surface area contributed by atoms with Crippen molar-refractivity contribution in [1.29, 1.82) is 5.41 Å². The molecule has 0 aromatic carbocycles. The van der Waals surface area contributed by atoms with Crippen molar-refractivity contribution in [2.45, 2.75) is 19.4 Å². The molecule has 0 aromatic rings. The van der Waals surface area contributed by atoms with Crippen LogP contribution in [-0.4, -0.2) is 16.4 Å². The van der Waals surface area contributed by atoms with Gasteiger partial charge < -0.3 is 5.11 Å². The molecule has 42 valence electrons. The molecule has 0 saturated carbocycles. The molecule has 0 aliphatic carbocycles. The van der Waals surface area contributed by atoms with Crippen LogP contribution in [0.15, 0.2) is 0 Å². The van der Waals surface area contributed by atoms with Crippen LogP contribution in [0.5, 0.6) is 0 Å². The summed E-state index contributed by atoms with van der Waals surface area (Å²) in [7, 11) is 0. The van der Waals surface area contributed by atoms with Crippen molar-refractivity contribution >= 4 is 16.8 Å². The maximum atomic E-state index is 8.58. The maximum absolute atomic E-state index is 8.58. The molecule has 0 bridgehead atoms. The smallest absolute Gasteiger partial charge is 0.126 e. The van der Waals surface area contributed by atoms with E-state index in [9.17, 15) is 0 Å². The number of aliphatic hydroxyl groups excluding tert-OH is 1. The first-order valence-corrected chi connectivity index (χ1v) is 2.48. The average Bonchev–Trinajstić information content (AvgIpc) is 1.65. The van der Waals surface area contributed by atoms with Gasteiger partial charge in [0.15, 0.2) is 0 Å². The SMILES string of the molecule is CCC(O)C(=N)Cl. The molecule has 0 aromatic heterocycles. The van der Waals surface area contributed by atoms with E-state index in [1.54, 1.807) is 6.92 Å². The highest BCUT2D eigenvalue weighted by molar-refractivity contribution is 6.65. The monoisotopic (exact) mass is 121 g/mol. The van der Waals surface area contributed by atoms with Gasteiger partial charge in [0.1, 0.15) is 11.3 Å². The van der Waals surface area contributed by atoms with Crippen molar-refractivity contribution in [1.82, 2.24) is 0 Å². The molecular formula is C4H8ClNO. The third kappa shape index (κ3) is 2.60. The molecular weight excluding hydrogens is 114 g/mol. The van der Waals surface area contributed by atoms with Gasteiger partial charge >= 0.3 is 0 Å². The summed E-state index contributed by atoms with van der Waals surface area (Å²) in [6.07, 6.45) is -0.232. The number of rotatable bonds is 2. The molecule has 2 N–H and O–H groups in total. The standard InChI is InChI=1S/C4H8ClNO/c1-2-3(7)4(5)6/h3,6-7H,2H2,1H3. The third-order valence-electron chi connectivity index (χ3n) is 0.679. The molecule has 0 fully saturated rings. The van der Waals surface area contributed by atoms with E-state index in [2.05, 4.69) is 0 Å². The van der Waals surface area contributed by atoms with Crippen LogP contribution < -0.4 is 0 Å². The molecule has 0 saturated heterocycles. The summed E-state index contributed by atoms with van der Waals surface area (Å²) in [5, 5.41) is 15.0. The highest BCUT2D eigenvalue weighted by atomic mass is 35.5. The minimum atomic E-state index is -0.748. The lowest BCUT2D eigenvalue weighted by molar-refractivity contribution is 0.239. The third-order valence-corrected chi connectivity index (χ3v) is 0.931. The molecule has 0 aliphatic heterocycles. The van der Waals surface area contributed by atoms with E-state index in [1.807, 2.05) is 0 Å². The van der Waals surface area contributed by atoms with E-state index in [4.69, 9.17) is 22.1 Å². The Labute approximate surface area is 47.6 Å². The van der Waals surface area contributed by atoms with Gasteiger partial charge in [-0.3, -0.25) is 5.41 Å². The zero-order valence-corrected chi connectivity index (χ0v) is 4.87. The fourth-order valence-corrected chi connectivity index (χ4v) is 0.334. The summed E-state index contributed by atoms with van der Waals surface area (Å²) in [4.78, 5) is 0. The number of halogens is 1. The molecule has 0 radical (unpaired) electrons. The second-order valence-corrected chi connectivity index (χ2v) is 1.68. The topological polar surface area (TPSA) is 44.1 Å². The predicted molar refractivity (Wildman–Crippen MR) is 29.9 cm³/mol. The summed E-state index contributed by atoms with van der Waals surface area (Å²) in [5.41, 5.74) is 0. The molecule has 0 amide bonds.